The molecular weight excluding hydrogens is 474 g/mol. The van der Waals surface area contributed by atoms with E-state index < -0.39 is 12.1 Å². The Morgan fingerprint density at radius 1 is 1.16 bits per heavy atom. The van der Waals surface area contributed by atoms with Crippen molar-refractivity contribution >= 4 is 40.8 Å². The summed E-state index contributed by atoms with van der Waals surface area (Å²) in [7, 11) is 0. The summed E-state index contributed by atoms with van der Waals surface area (Å²) < 4.78 is 37.4. The van der Waals surface area contributed by atoms with Crippen LogP contribution in [0.2, 0.25) is 10.0 Å². The molecule has 0 radical (unpaired) electrons. The van der Waals surface area contributed by atoms with E-state index in [1.165, 1.54) is 6.20 Å². The second-order valence-electron chi connectivity index (χ2n) is 6.71. The summed E-state index contributed by atoms with van der Waals surface area (Å²) in [5.41, 5.74) is 0.637. The fraction of sp³-hybridized carbons (Fsp3) is 0.350. The minimum Gasteiger partial charge on any atom is -0.475 e. The largest absolute Gasteiger partial charge is 0.490 e. The molecule has 1 amide bonds. The van der Waals surface area contributed by atoms with E-state index in [2.05, 4.69) is 15.6 Å². The van der Waals surface area contributed by atoms with Crippen LogP contribution < -0.4 is 15.4 Å². The molecule has 1 aliphatic rings. The number of aliphatic carboxylic acids is 1. The first-order valence-corrected chi connectivity index (χ1v) is 10.2. The molecule has 32 heavy (non-hydrogen) atoms. The van der Waals surface area contributed by atoms with Gasteiger partial charge in [0.25, 0.3) is 0 Å². The number of benzene rings is 1. The van der Waals surface area contributed by atoms with E-state index in [4.69, 9.17) is 37.8 Å². The van der Waals surface area contributed by atoms with Gasteiger partial charge in [-0.15, -0.1) is 0 Å². The molecule has 1 aromatic heterocycles. The zero-order valence-electron chi connectivity index (χ0n) is 16.6. The van der Waals surface area contributed by atoms with Gasteiger partial charge in [0.2, 0.25) is 11.8 Å². The van der Waals surface area contributed by atoms with Crippen molar-refractivity contribution in [3.05, 3.63) is 46.6 Å². The Balaban J connectivity index is 0.000000451. The Morgan fingerprint density at radius 2 is 1.88 bits per heavy atom. The highest BCUT2D eigenvalue weighted by atomic mass is 35.5. The highest BCUT2D eigenvalue weighted by molar-refractivity contribution is 6.32. The molecule has 3 N–H and O–H groups in total. The topological polar surface area (TPSA) is 101 Å². The van der Waals surface area contributed by atoms with Gasteiger partial charge in [0, 0.05) is 18.0 Å². The van der Waals surface area contributed by atoms with Crippen LogP contribution in [-0.2, 0) is 9.59 Å². The quantitative estimate of drug-likeness (QED) is 0.535. The van der Waals surface area contributed by atoms with Gasteiger partial charge < -0.3 is 20.5 Å². The fourth-order valence-electron chi connectivity index (χ4n) is 2.68. The number of carbonyl (C=O) groups is 2. The standard InChI is InChI=1S/C18H19Cl2N3O2.C2HF3O2/c19-12-5-8-17(22-11-12)25-16-7-6-13(10-14(16)20)23-18(24)15-4-2-1-3-9-21-15;3-2(4,5)1(6)7/h5-8,10-11,15,21H,1-4,9H2,(H,23,24);(H,6,7). The Labute approximate surface area is 191 Å². The maximum absolute atomic E-state index is 12.4. The smallest absolute Gasteiger partial charge is 0.475 e. The number of pyridine rings is 1. The summed E-state index contributed by atoms with van der Waals surface area (Å²) in [6.07, 6.45) is 0.600. The predicted molar refractivity (Wildman–Crippen MR) is 113 cm³/mol. The molecule has 0 bridgehead atoms. The van der Waals surface area contributed by atoms with Crippen LogP contribution in [0.3, 0.4) is 0 Å². The molecule has 174 valence electrons. The summed E-state index contributed by atoms with van der Waals surface area (Å²) >= 11 is 12.1. The van der Waals surface area contributed by atoms with Gasteiger partial charge in [-0.05, 0) is 43.7 Å². The number of rotatable bonds is 4. The lowest BCUT2D eigenvalue weighted by Crippen LogP contribution is -2.39. The molecule has 7 nitrogen and oxygen atoms in total. The molecule has 1 fully saturated rings. The molecule has 0 saturated carbocycles. The molecule has 0 aliphatic carbocycles. The molecule has 1 aliphatic heterocycles. The van der Waals surface area contributed by atoms with Gasteiger partial charge in [0.15, 0.2) is 0 Å². The number of halogens is 5. The molecule has 0 spiro atoms. The minimum atomic E-state index is -5.08. The molecule has 2 heterocycles. The number of anilines is 1. The maximum atomic E-state index is 12.4. The van der Waals surface area contributed by atoms with Crippen molar-refractivity contribution < 1.29 is 32.6 Å². The Bertz CT molecular complexity index is 919. The number of ether oxygens (including phenoxy) is 1. The Morgan fingerprint density at radius 3 is 2.47 bits per heavy atom. The number of carbonyl (C=O) groups excluding carboxylic acids is 1. The van der Waals surface area contributed by atoms with E-state index in [0.29, 0.717) is 27.4 Å². The van der Waals surface area contributed by atoms with Gasteiger partial charge in [-0.2, -0.15) is 13.2 Å². The lowest BCUT2D eigenvalue weighted by atomic mass is 10.1. The molecule has 2 aromatic rings. The summed E-state index contributed by atoms with van der Waals surface area (Å²) in [5.74, 6) is -1.94. The molecule has 12 heteroatoms. The third kappa shape index (κ3) is 8.52. The molecular formula is C20H20Cl2F3N3O4. The zero-order chi connectivity index (χ0) is 23.7. The van der Waals surface area contributed by atoms with Crippen LogP contribution in [0.1, 0.15) is 25.7 Å². The lowest BCUT2D eigenvalue weighted by molar-refractivity contribution is -0.192. The van der Waals surface area contributed by atoms with Gasteiger partial charge in [0.05, 0.1) is 16.1 Å². The van der Waals surface area contributed by atoms with Gasteiger partial charge in [-0.1, -0.05) is 36.0 Å². The SMILES string of the molecule is O=C(Nc1ccc(Oc2ccc(Cl)cn2)c(Cl)c1)C1CCCCCN1.O=C(O)C(F)(F)F. The van der Waals surface area contributed by atoms with Gasteiger partial charge >= 0.3 is 12.1 Å². The summed E-state index contributed by atoms with van der Waals surface area (Å²) in [6.45, 7) is 0.875. The number of amides is 1. The number of carboxylic acids is 1. The van der Waals surface area contributed by atoms with Gasteiger partial charge in [-0.3, -0.25) is 4.79 Å². The predicted octanol–water partition coefficient (Wildman–Crippen LogP) is 5.28. The Kier molecular flexibility index (Phi) is 9.55. The Hall–Kier alpha value is -2.56. The number of nitrogens with zero attached hydrogens (tertiary/aromatic N) is 1. The number of hydrogen-bond donors (Lipinski definition) is 3. The second kappa shape index (κ2) is 11.9. The van der Waals surface area contributed by atoms with Crippen LogP contribution in [0, 0.1) is 0 Å². The molecule has 1 unspecified atom stereocenters. The van der Waals surface area contributed by atoms with Gasteiger partial charge in [-0.25, -0.2) is 9.78 Å². The van der Waals surface area contributed by atoms with Crippen LogP contribution in [0.4, 0.5) is 18.9 Å². The average Bonchev–Trinajstić information content (AvgIpc) is 3.01. The van der Waals surface area contributed by atoms with Crippen LogP contribution in [-0.4, -0.2) is 40.7 Å². The summed E-state index contributed by atoms with van der Waals surface area (Å²) in [5, 5.41) is 14.2. The molecule has 3 rings (SSSR count). The highest BCUT2D eigenvalue weighted by Crippen LogP contribution is 2.31. The van der Waals surface area contributed by atoms with Crippen molar-refractivity contribution in [3.8, 4) is 11.6 Å². The van der Waals surface area contributed by atoms with Crippen molar-refractivity contribution in [1.82, 2.24) is 10.3 Å². The lowest BCUT2D eigenvalue weighted by Gasteiger charge is -2.16. The van der Waals surface area contributed by atoms with Crippen LogP contribution in [0.5, 0.6) is 11.6 Å². The summed E-state index contributed by atoms with van der Waals surface area (Å²) in [4.78, 5) is 25.3. The zero-order valence-corrected chi connectivity index (χ0v) is 18.1. The first-order valence-electron chi connectivity index (χ1n) is 9.49. The van der Waals surface area contributed by atoms with Crippen molar-refractivity contribution in [2.45, 2.75) is 37.9 Å². The maximum Gasteiger partial charge on any atom is 0.490 e. The van der Waals surface area contributed by atoms with Crippen molar-refractivity contribution in [1.29, 1.82) is 0 Å². The number of hydrogen-bond acceptors (Lipinski definition) is 5. The van der Waals surface area contributed by atoms with E-state index in [9.17, 15) is 18.0 Å². The van der Waals surface area contributed by atoms with E-state index in [1.807, 2.05) is 0 Å². The van der Waals surface area contributed by atoms with E-state index in [-0.39, 0.29) is 11.9 Å². The summed E-state index contributed by atoms with van der Waals surface area (Å²) in [6, 6.07) is 8.32. The number of carboxylic acid groups (broad SMARTS) is 1. The average molecular weight is 494 g/mol. The van der Waals surface area contributed by atoms with Crippen molar-refractivity contribution in [2.75, 3.05) is 11.9 Å². The van der Waals surface area contributed by atoms with E-state index in [0.717, 1.165) is 32.2 Å². The van der Waals surface area contributed by atoms with Gasteiger partial charge in [0.1, 0.15) is 5.75 Å². The number of alkyl halides is 3. The third-order valence-corrected chi connectivity index (χ3v) is 4.75. The fourth-order valence-corrected chi connectivity index (χ4v) is 3.01. The highest BCUT2D eigenvalue weighted by Gasteiger charge is 2.38. The second-order valence-corrected chi connectivity index (χ2v) is 7.55. The first-order chi connectivity index (χ1) is 15.1. The number of aromatic nitrogens is 1. The van der Waals surface area contributed by atoms with Crippen molar-refractivity contribution in [2.24, 2.45) is 0 Å². The van der Waals surface area contributed by atoms with E-state index >= 15 is 0 Å². The molecule has 1 saturated heterocycles. The van der Waals surface area contributed by atoms with Crippen LogP contribution in [0.15, 0.2) is 36.5 Å². The normalized spacial score (nSPS) is 16.2. The van der Waals surface area contributed by atoms with E-state index in [1.54, 1.807) is 30.3 Å². The monoisotopic (exact) mass is 493 g/mol. The molecule has 1 aromatic carbocycles. The molecule has 1 atom stereocenters. The van der Waals surface area contributed by atoms with Crippen LogP contribution >= 0.6 is 23.2 Å². The third-order valence-electron chi connectivity index (χ3n) is 4.23. The first kappa shape index (κ1) is 25.7. The number of nitrogens with one attached hydrogen (secondary N) is 2. The van der Waals surface area contributed by atoms with Crippen LogP contribution in [0.25, 0.3) is 0 Å². The van der Waals surface area contributed by atoms with Crippen molar-refractivity contribution in [3.63, 3.8) is 0 Å². The minimum absolute atomic E-state index is 0.0361.